The van der Waals surface area contributed by atoms with Crippen LogP contribution in [0.2, 0.25) is 0 Å². The Hall–Kier alpha value is -6.13. The van der Waals surface area contributed by atoms with E-state index >= 15 is 0 Å². The number of aromatic amines is 1. The molecule has 0 radical (unpaired) electrons. The van der Waals surface area contributed by atoms with Crippen LogP contribution in [-0.4, -0.2) is 135 Å². The minimum Gasteiger partial charge on any atom is -0.481 e. The number of hydrogen-bond acceptors (Lipinski definition) is 12. The Bertz CT molecular complexity index is 1630. The van der Waals surface area contributed by atoms with Gasteiger partial charge < -0.3 is 68.7 Å². The van der Waals surface area contributed by atoms with Gasteiger partial charge in [-0.15, -0.1) is 0 Å². The summed E-state index contributed by atoms with van der Waals surface area (Å²) in [5.41, 5.74) is 11.0. The standard InChI is InChI=1S/C37H62N12O11/c1-19(2)12-26(33(57)43-21(5)31(55)45-23(16-50)8-7-11-41-37(38)39)48-34(58)27(13-20(3)4)47-32(56)25(9-10-30(53)54)46-35(59)28(14-24-15-40-18-42-24)49-36(60)29(17-51)44-22(6)52/h15-16,18-21,23,25-29,51H,7-14,17H2,1-6H3,(H,40,42)(H,43,57)(H,44,52)(H,45,55)(H,46,59)(H,47,56)(H,48,58)(H,49,60)(H,53,54)(H4,38,39,41)/t21-,23-,25-,26-,27-,28-,29-/m0/s1. The molecule has 1 rings (SSSR count). The van der Waals surface area contributed by atoms with Crippen LogP contribution in [0.4, 0.5) is 0 Å². The maximum Gasteiger partial charge on any atom is 0.303 e. The molecular formula is C37H62N12O11. The molecule has 0 bridgehead atoms. The molecule has 1 aromatic heterocycles. The lowest BCUT2D eigenvalue weighted by molar-refractivity contribution is -0.138. The van der Waals surface area contributed by atoms with Gasteiger partial charge in [0.05, 0.1) is 19.0 Å². The first kappa shape index (κ1) is 51.9. The average Bonchev–Trinajstić information content (AvgIpc) is 3.68. The number of imidazole rings is 1. The van der Waals surface area contributed by atoms with E-state index in [0.717, 1.165) is 6.92 Å². The average molecular weight is 851 g/mol. The highest BCUT2D eigenvalue weighted by Crippen LogP contribution is 2.11. The van der Waals surface area contributed by atoms with E-state index in [9.17, 15) is 53.4 Å². The van der Waals surface area contributed by atoms with Gasteiger partial charge >= 0.3 is 5.97 Å². The highest BCUT2D eigenvalue weighted by Gasteiger charge is 2.34. The molecule has 7 atom stereocenters. The Morgan fingerprint density at radius 3 is 1.73 bits per heavy atom. The monoisotopic (exact) mass is 850 g/mol. The van der Waals surface area contributed by atoms with Crippen LogP contribution in [0.1, 0.15) is 85.8 Å². The topological polar surface area (TPSA) is 371 Å². The third kappa shape index (κ3) is 20.5. The van der Waals surface area contributed by atoms with Crippen molar-refractivity contribution in [1.82, 2.24) is 47.2 Å². The van der Waals surface area contributed by atoms with Crippen LogP contribution >= 0.6 is 0 Å². The van der Waals surface area contributed by atoms with E-state index in [1.807, 2.05) is 0 Å². The lowest BCUT2D eigenvalue weighted by atomic mass is 9.99. The molecule has 336 valence electrons. The lowest BCUT2D eigenvalue weighted by Gasteiger charge is -2.28. The number of carboxylic acid groups (broad SMARTS) is 1. The third-order valence-electron chi connectivity index (χ3n) is 8.66. The molecule has 23 heteroatoms. The molecular weight excluding hydrogens is 788 g/mol. The number of aromatic nitrogens is 2. The van der Waals surface area contributed by atoms with Gasteiger partial charge in [-0.3, -0.25) is 43.3 Å². The number of aldehydes is 1. The number of hydrogen-bond donors (Lipinski definition) is 12. The number of nitrogens with one attached hydrogen (secondary N) is 8. The summed E-state index contributed by atoms with van der Waals surface area (Å²) in [5.74, 6) is -7.34. The van der Waals surface area contributed by atoms with E-state index in [-0.39, 0.29) is 50.0 Å². The van der Waals surface area contributed by atoms with Gasteiger partial charge in [-0.2, -0.15) is 0 Å². The number of carboxylic acids is 1. The van der Waals surface area contributed by atoms with Crippen molar-refractivity contribution in [1.29, 1.82) is 0 Å². The van der Waals surface area contributed by atoms with Crippen LogP contribution in [-0.2, 0) is 49.6 Å². The van der Waals surface area contributed by atoms with Gasteiger partial charge in [0.2, 0.25) is 41.4 Å². The van der Waals surface area contributed by atoms with E-state index in [4.69, 9.17) is 11.5 Å². The van der Waals surface area contributed by atoms with Gasteiger partial charge in [-0.1, -0.05) is 27.7 Å². The van der Waals surface area contributed by atoms with Crippen molar-refractivity contribution < 1.29 is 53.4 Å². The number of H-pyrrole nitrogens is 1. The summed E-state index contributed by atoms with van der Waals surface area (Å²) < 4.78 is 0. The molecule has 1 heterocycles. The second-order valence-electron chi connectivity index (χ2n) is 15.1. The number of carbonyl (C=O) groups excluding carboxylic acids is 8. The van der Waals surface area contributed by atoms with E-state index in [0.29, 0.717) is 18.4 Å². The van der Waals surface area contributed by atoms with Gasteiger partial charge in [0.25, 0.3) is 0 Å². The molecule has 0 aliphatic rings. The summed E-state index contributed by atoms with van der Waals surface area (Å²) >= 11 is 0. The number of rotatable bonds is 28. The van der Waals surface area contributed by atoms with Gasteiger partial charge in [0.15, 0.2) is 5.96 Å². The van der Waals surface area contributed by atoms with E-state index in [1.165, 1.54) is 19.4 Å². The number of aliphatic imine (C=N–C) groups is 1. The molecule has 0 aliphatic heterocycles. The summed E-state index contributed by atoms with van der Waals surface area (Å²) in [6, 6.07) is -8.87. The Labute approximate surface area is 348 Å². The SMILES string of the molecule is CC(=O)N[C@@H](CO)C(=O)N[C@@H](Cc1cnc[nH]1)C(=O)N[C@@H](CCC(=O)O)C(=O)N[C@@H](CC(C)C)C(=O)N[C@@H](CC(C)C)C(=O)N[C@@H](C)C(=O)N[C@H](C=O)CCCN=C(N)N. The summed E-state index contributed by atoms with van der Waals surface area (Å²) in [5, 5.41) is 36.5. The summed E-state index contributed by atoms with van der Waals surface area (Å²) in [6.45, 7) is 9.10. The number of nitrogens with two attached hydrogens (primary N) is 2. The van der Waals surface area contributed by atoms with Crippen LogP contribution in [0.15, 0.2) is 17.5 Å². The number of guanidine groups is 1. The fourth-order valence-electron chi connectivity index (χ4n) is 5.68. The minimum atomic E-state index is -1.54. The molecule has 0 unspecified atom stereocenters. The highest BCUT2D eigenvalue weighted by atomic mass is 16.4. The predicted octanol–water partition coefficient (Wildman–Crippen LogP) is -3.41. The van der Waals surface area contributed by atoms with Crippen molar-refractivity contribution in [3.8, 4) is 0 Å². The predicted molar refractivity (Wildman–Crippen MR) is 216 cm³/mol. The van der Waals surface area contributed by atoms with Crippen molar-refractivity contribution >= 4 is 59.6 Å². The Morgan fingerprint density at radius 2 is 1.25 bits per heavy atom. The van der Waals surface area contributed by atoms with Crippen molar-refractivity contribution in [2.45, 2.75) is 129 Å². The van der Waals surface area contributed by atoms with Gasteiger partial charge in [-0.05, 0) is 50.9 Å². The zero-order valence-corrected chi connectivity index (χ0v) is 34.9. The van der Waals surface area contributed by atoms with Crippen LogP contribution < -0.4 is 48.7 Å². The molecule has 0 saturated heterocycles. The van der Waals surface area contributed by atoms with Gasteiger partial charge in [-0.25, -0.2) is 4.98 Å². The first-order valence-electron chi connectivity index (χ1n) is 19.6. The van der Waals surface area contributed by atoms with Crippen LogP contribution in [0.25, 0.3) is 0 Å². The van der Waals surface area contributed by atoms with E-state index < -0.39 is 109 Å². The molecule has 23 nitrogen and oxygen atoms in total. The smallest absolute Gasteiger partial charge is 0.303 e. The molecule has 1 aromatic rings. The second-order valence-corrected chi connectivity index (χ2v) is 15.1. The largest absolute Gasteiger partial charge is 0.481 e. The van der Waals surface area contributed by atoms with Crippen LogP contribution in [0.5, 0.6) is 0 Å². The molecule has 0 spiro atoms. The summed E-state index contributed by atoms with van der Waals surface area (Å²) in [7, 11) is 0. The lowest BCUT2D eigenvalue weighted by Crippen LogP contribution is -2.60. The van der Waals surface area contributed by atoms with E-state index in [1.54, 1.807) is 27.7 Å². The summed E-state index contributed by atoms with van der Waals surface area (Å²) in [4.78, 5) is 126. The molecule has 0 saturated carbocycles. The number of carbonyl (C=O) groups is 9. The van der Waals surface area contributed by atoms with Gasteiger partial charge in [0.1, 0.15) is 42.5 Å². The first-order valence-corrected chi connectivity index (χ1v) is 19.6. The molecule has 0 fully saturated rings. The normalized spacial score (nSPS) is 14.5. The molecule has 7 amide bonds. The van der Waals surface area contributed by atoms with Crippen LogP contribution in [0, 0.1) is 11.8 Å². The number of amides is 7. The van der Waals surface area contributed by atoms with Crippen molar-refractivity contribution in [3.63, 3.8) is 0 Å². The highest BCUT2D eigenvalue weighted by molar-refractivity contribution is 5.97. The van der Waals surface area contributed by atoms with Crippen molar-refractivity contribution in [3.05, 3.63) is 18.2 Å². The molecule has 60 heavy (non-hydrogen) atoms. The third-order valence-corrected chi connectivity index (χ3v) is 8.66. The maximum atomic E-state index is 13.8. The van der Waals surface area contributed by atoms with Crippen molar-refractivity contribution in [2.75, 3.05) is 13.2 Å². The Balaban J connectivity index is 3.26. The Morgan fingerprint density at radius 1 is 0.733 bits per heavy atom. The first-order chi connectivity index (χ1) is 28.2. The maximum absolute atomic E-state index is 13.8. The number of aliphatic carboxylic acids is 1. The fraction of sp³-hybridized carbons (Fsp3) is 0.649. The zero-order chi connectivity index (χ0) is 45.5. The fourth-order valence-corrected chi connectivity index (χ4v) is 5.68. The molecule has 0 aromatic carbocycles. The quantitative estimate of drug-likeness (QED) is 0.0169. The summed E-state index contributed by atoms with van der Waals surface area (Å²) in [6.07, 6.45) is 2.83. The number of aliphatic hydroxyl groups is 1. The number of nitrogens with zero attached hydrogens (tertiary/aromatic N) is 2. The number of aliphatic hydroxyl groups excluding tert-OH is 1. The molecule has 14 N–H and O–H groups in total. The second kappa shape index (κ2) is 26.8. The zero-order valence-electron chi connectivity index (χ0n) is 34.9. The van der Waals surface area contributed by atoms with Crippen LogP contribution in [0.3, 0.4) is 0 Å². The Kier molecular flexibility index (Phi) is 23.2. The van der Waals surface area contributed by atoms with Crippen molar-refractivity contribution in [2.24, 2.45) is 28.3 Å². The van der Waals surface area contributed by atoms with E-state index in [2.05, 4.69) is 52.2 Å². The van der Waals surface area contributed by atoms with Gasteiger partial charge in [0, 0.05) is 38.2 Å². The minimum absolute atomic E-state index is 0.0481. The molecule has 0 aliphatic carbocycles.